The molecule has 0 aromatic carbocycles. The molecule has 2 aromatic heterocycles. The van der Waals surface area contributed by atoms with Crippen LogP contribution < -0.4 is 0 Å². The fraction of sp³-hybridized carbons (Fsp3) is 0.500. The van der Waals surface area contributed by atoms with Crippen molar-refractivity contribution in [1.29, 1.82) is 5.26 Å². The number of ether oxygens (including phenoxy) is 1. The van der Waals surface area contributed by atoms with Gasteiger partial charge in [-0.25, -0.2) is 13.4 Å². The molecule has 3 rings (SSSR count). The van der Waals surface area contributed by atoms with E-state index in [1.807, 2.05) is 0 Å². The molecule has 3 heterocycles. The van der Waals surface area contributed by atoms with Crippen molar-refractivity contribution in [2.24, 2.45) is 5.92 Å². The number of nitriles is 1. The first kappa shape index (κ1) is 14.9. The van der Waals surface area contributed by atoms with E-state index in [0.717, 1.165) is 12.7 Å². The van der Waals surface area contributed by atoms with E-state index in [2.05, 4.69) is 23.0 Å². The predicted octanol–water partition coefficient (Wildman–Crippen LogP) is 1.30. The fourth-order valence-electron chi connectivity index (χ4n) is 2.86. The molecule has 1 saturated heterocycles. The maximum Gasteiger partial charge on any atom is 0.248 e. The molecule has 116 valence electrons. The van der Waals surface area contributed by atoms with E-state index in [-0.39, 0.29) is 17.1 Å². The molecule has 0 saturated carbocycles. The van der Waals surface area contributed by atoms with Crippen LogP contribution in [0.3, 0.4) is 0 Å². The number of fused-ring (bicyclic) bond motifs is 1. The van der Waals surface area contributed by atoms with E-state index < -0.39 is 9.84 Å². The minimum absolute atomic E-state index is 0.0144. The van der Waals surface area contributed by atoms with Gasteiger partial charge in [0.15, 0.2) is 0 Å². The van der Waals surface area contributed by atoms with Gasteiger partial charge in [0.05, 0.1) is 19.3 Å². The molecule has 0 bridgehead atoms. The van der Waals surface area contributed by atoms with Crippen molar-refractivity contribution in [2.45, 2.75) is 24.5 Å². The Labute approximate surface area is 128 Å². The van der Waals surface area contributed by atoms with Crippen molar-refractivity contribution in [3.63, 3.8) is 0 Å². The van der Waals surface area contributed by atoms with Crippen molar-refractivity contribution in [1.82, 2.24) is 14.5 Å². The zero-order chi connectivity index (χ0) is 15.9. The van der Waals surface area contributed by atoms with Gasteiger partial charge in [-0.15, -0.1) is 0 Å². The molecule has 2 aromatic rings. The number of rotatable bonds is 3. The zero-order valence-corrected chi connectivity index (χ0v) is 13.2. The van der Waals surface area contributed by atoms with Crippen molar-refractivity contribution in [2.75, 3.05) is 19.5 Å². The quantitative estimate of drug-likeness (QED) is 0.791. The molecule has 1 aliphatic rings. The Balaban J connectivity index is 2.25. The SMILES string of the molecule is CC[C@H]1COC[C@@H]1n1c(C#N)cc2cnc(S(C)(=O)=O)nc21. The van der Waals surface area contributed by atoms with Crippen LogP contribution in [-0.2, 0) is 14.6 Å². The monoisotopic (exact) mass is 320 g/mol. The number of hydrogen-bond acceptors (Lipinski definition) is 6. The van der Waals surface area contributed by atoms with Crippen molar-refractivity contribution >= 4 is 20.9 Å². The van der Waals surface area contributed by atoms with E-state index in [4.69, 9.17) is 4.74 Å². The van der Waals surface area contributed by atoms with Crippen LogP contribution in [-0.4, -0.2) is 42.4 Å². The average molecular weight is 320 g/mol. The second kappa shape index (κ2) is 5.34. The Morgan fingerprint density at radius 2 is 2.27 bits per heavy atom. The molecule has 22 heavy (non-hydrogen) atoms. The van der Waals surface area contributed by atoms with Gasteiger partial charge in [-0.05, 0) is 12.5 Å². The van der Waals surface area contributed by atoms with Gasteiger partial charge >= 0.3 is 0 Å². The second-order valence-corrected chi connectivity index (χ2v) is 7.40. The van der Waals surface area contributed by atoms with E-state index in [9.17, 15) is 13.7 Å². The van der Waals surface area contributed by atoms with Gasteiger partial charge in [-0.3, -0.25) is 0 Å². The molecule has 0 N–H and O–H groups in total. The lowest BCUT2D eigenvalue weighted by atomic mass is 10.0. The lowest BCUT2D eigenvalue weighted by molar-refractivity contribution is 0.180. The van der Waals surface area contributed by atoms with Crippen LogP contribution in [0.5, 0.6) is 0 Å². The van der Waals surface area contributed by atoms with Gasteiger partial charge in [0.1, 0.15) is 17.4 Å². The Bertz CT molecular complexity index is 866. The van der Waals surface area contributed by atoms with Crippen molar-refractivity contribution < 1.29 is 13.2 Å². The summed E-state index contributed by atoms with van der Waals surface area (Å²) in [5, 5.41) is 9.82. The van der Waals surface area contributed by atoms with Gasteiger partial charge in [0.2, 0.25) is 15.0 Å². The lowest BCUT2D eigenvalue weighted by Gasteiger charge is -2.19. The Morgan fingerprint density at radius 3 is 2.91 bits per heavy atom. The molecule has 8 heteroatoms. The molecule has 0 amide bonds. The lowest BCUT2D eigenvalue weighted by Crippen LogP contribution is -2.19. The number of hydrogen-bond donors (Lipinski definition) is 0. The number of nitrogens with zero attached hydrogens (tertiary/aromatic N) is 4. The van der Waals surface area contributed by atoms with Gasteiger partial charge in [-0.1, -0.05) is 6.92 Å². The van der Waals surface area contributed by atoms with E-state index in [1.54, 1.807) is 10.6 Å². The maximum absolute atomic E-state index is 11.7. The molecule has 7 nitrogen and oxygen atoms in total. The third kappa shape index (κ3) is 2.36. The number of aromatic nitrogens is 3. The molecule has 1 aliphatic heterocycles. The highest BCUT2D eigenvalue weighted by atomic mass is 32.2. The smallest absolute Gasteiger partial charge is 0.248 e. The highest BCUT2D eigenvalue weighted by Gasteiger charge is 2.31. The van der Waals surface area contributed by atoms with Crippen molar-refractivity contribution in [3.05, 3.63) is 18.0 Å². The average Bonchev–Trinajstić information content (AvgIpc) is 3.08. The minimum Gasteiger partial charge on any atom is -0.379 e. The molecular weight excluding hydrogens is 304 g/mol. The summed E-state index contributed by atoms with van der Waals surface area (Å²) >= 11 is 0. The highest BCUT2D eigenvalue weighted by molar-refractivity contribution is 7.90. The summed E-state index contributed by atoms with van der Waals surface area (Å²) in [6, 6.07) is 3.83. The molecule has 0 aliphatic carbocycles. The van der Waals surface area contributed by atoms with Crippen LogP contribution >= 0.6 is 0 Å². The fourth-order valence-corrected chi connectivity index (χ4v) is 3.35. The Kier molecular flexibility index (Phi) is 3.62. The van der Waals surface area contributed by atoms with Crippen LogP contribution in [0.15, 0.2) is 17.4 Å². The molecule has 0 unspecified atom stereocenters. The maximum atomic E-state index is 11.7. The summed E-state index contributed by atoms with van der Waals surface area (Å²) < 4.78 is 30.7. The standard InChI is InChI=1S/C14H16N4O3S/c1-3-9-7-21-8-12(9)18-11(5-15)4-10-6-16-14(17-13(10)18)22(2,19)20/h4,6,9,12H,3,7-8H2,1-2H3/t9-,12-/m0/s1. The third-order valence-electron chi connectivity index (χ3n) is 4.02. The molecule has 2 atom stereocenters. The van der Waals surface area contributed by atoms with Gasteiger partial charge in [0.25, 0.3) is 0 Å². The van der Waals surface area contributed by atoms with E-state index >= 15 is 0 Å². The summed E-state index contributed by atoms with van der Waals surface area (Å²) in [6.07, 6.45) is 3.44. The summed E-state index contributed by atoms with van der Waals surface area (Å²) in [5.74, 6) is 0.277. The topological polar surface area (TPSA) is 97.9 Å². The Hall–Kier alpha value is -1.98. The van der Waals surface area contributed by atoms with E-state index in [1.165, 1.54) is 6.20 Å². The summed E-state index contributed by atoms with van der Waals surface area (Å²) in [7, 11) is -3.50. The third-order valence-corrected chi connectivity index (χ3v) is 4.88. The first-order valence-electron chi connectivity index (χ1n) is 7.01. The molecular formula is C14H16N4O3S. The molecule has 0 radical (unpaired) electrons. The predicted molar refractivity (Wildman–Crippen MR) is 79.0 cm³/mol. The first-order valence-corrected chi connectivity index (χ1v) is 8.90. The normalized spacial score (nSPS) is 22.0. The summed E-state index contributed by atoms with van der Waals surface area (Å²) in [4.78, 5) is 8.07. The first-order chi connectivity index (χ1) is 10.5. The summed E-state index contributed by atoms with van der Waals surface area (Å²) in [6.45, 7) is 3.20. The largest absolute Gasteiger partial charge is 0.379 e. The van der Waals surface area contributed by atoms with Crippen LogP contribution in [0.2, 0.25) is 0 Å². The second-order valence-electron chi connectivity index (χ2n) is 5.49. The molecule has 1 fully saturated rings. The number of sulfone groups is 1. The van der Waals surface area contributed by atoms with Crippen LogP contribution in [0, 0.1) is 17.2 Å². The minimum atomic E-state index is -3.50. The van der Waals surface area contributed by atoms with Crippen LogP contribution in [0.4, 0.5) is 0 Å². The van der Waals surface area contributed by atoms with Gasteiger partial charge in [-0.2, -0.15) is 10.2 Å². The van der Waals surface area contributed by atoms with Crippen LogP contribution in [0.25, 0.3) is 11.0 Å². The van der Waals surface area contributed by atoms with Crippen molar-refractivity contribution in [3.8, 4) is 6.07 Å². The van der Waals surface area contributed by atoms with Crippen LogP contribution in [0.1, 0.15) is 25.1 Å². The molecule has 0 spiro atoms. The Morgan fingerprint density at radius 1 is 1.50 bits per heavy atom. The van der Waals surface area contributed by atoms with Gasteiger partial charge < -0.3 is 9.30 Å². The zero-order valence-electron chi connectivity index (χ0n) is 12.4. The van der Waals surface area contributed by atoms with E-state index in [0.29, 0.717) is 29.9 Å². The summed E-state index contributed by atoms with van der Waals surface area (Å²) in [5.41, 5.74) is 0.921. The highest BCUT2D eigenvalue weighted by Crippen LogP contribution is 2.33. The van der Waals surface area contributed by atoms with Gasteiger partial charge in [0, 0.05) is 23.8 Å².